The van der Waals surface area contributed by atoms with Crippen molar-refractivity contribution in [2.75, 3.05) is 26.3 Å². The van der Waals surface area contributed by atoms with Crippen molar-refractivity contribution < 1.29 is 4.74 Å². The number of hydrogen-bond acceptors (Lipinski definition) is 5. The molecule has 0 spiro atoms. The monoisotopic (exact) mass is 355 g/mol. The number of rotatable bonds is 4. The lowest BCUT2D eigenvalue weighted by Crippen LogP contribution is -2.40. The lowest BCUT2D eigenvalue weighted by atomic mass is 10.0. The second-order valence-corrected chi connectivity index (χ2v) is 6.33. The number of ether oxygens (including phenoxy) is 1. The van der Waals surface area contributed by atoms with E-state index in [1.54, 1.807) is 4.68 Å². The molecule has 0 radical (unpaired) electrons. The quantitative estimate of drug-likeness (QED) is 0.720. The summed E-state index contributed by atoms with van der Waals surface area (Å²) in [5.41, 5.74) is 2.00. The van der Waals surface area contributed by atoms with Crippen LogP contribution in [-0.2, 0) is 4.74 Å². The molecule has 0 aliphatic carbocycles. The van der Waals surface area contributed by atoms with Crippen LogP contribution in [0.5, 0.6) is 0 Å². The fourth-order valence-corrected chi connectivity index (χ4v) is 3.34. The first-order chi connectivity index (χ1) is 12.3. The van der Waals surface area contributed by atoms with Gasteiger partial charge in [0.05, 0.1) is 24.9 Å². The van der Waals surface area contributed by atoms with Crippen molar-refractivity contribution >= 4 is 11.6 Å². The zero-order valence-electron chi connectivity index (χ0n) is 13.6. The molecule has 3 aromatic rings. The molecular formula is C18H18ClN5O. The van der Waals surface area contributed by atoms with E-state index in [0.717, 1.165) is 30.2 Å². The Hall–Kier alpha value is -2.28. The standard InChI is InChI=1S/C18H18ClN5O/c19-15-7-4-8-16(13-15)24-18(20-21-22-24)17(14-5-2-1-3-6-14)23-9-11-25-12-10-23/h1-8,13,17H,9-12H2. The van der Waals surface area contributed by atoms with Crippen LogP contribution in [0, 0.1) is 0 Å². The van der Waals surface area contributed by atoms with Gasteiger partial charge in [-0.2, -0.15) is 4.68 Å². The van der Waals surface area contributed by atoms with E-state index in [1.165, 1.54) is 0 Å². The number of halogens is 1. The van der Waals surface area contributed by atoms with Crippen molar-refractivity contribution in [1.29, 1.82) is 0 Å². The Bertz CT molecular complexity index is 832. The first-order valence-electron chi connectivity index (χ1n) is 8.24. The summed E-state index contributed by atoms with van der Waals surface area (Å²) in [6.07, 6.45) is 0. The van der Waals surface area contributed by atoms with E-state index in [-0.39, 0.29) is 6.04 Å². The summed E-state index contributed by atoms with van der Waals surface area (Å²) in [6.45, 7) is 3.09. The van der Waals surface area contributed by atoms with Gasteiger partial charge in [-0.3, -0.25) is 4.90 Å². The van der Waals surface area contributed by atoms with E-state index in [0.29, 0.717) is 18.2 Å². The van der Waals surface area contributed by atoms with Gasteiger partial charge in [-0.1, -0.05) is 48.0 Å². The second-order valence-electron chi connectivity index (χ2n) is 5.89. The van der Waals surface area contributed by atoms with Crippen LogP contribution in [-0.4, -0.2) is 51.4 Å². The summed E-state index contributed by atoms with van der Waals surface area (Å²) in [5, 5.41) is 13.1. The number of hydrogen-bond donors (Lipinski definition) is 0. The molecule has 1 fully saturated rings. The van der Waals surface area contributed by atoms with Gasteiger partial charge in [0.2, 0.25) is 0 Å². The van der Waals surface area contributed by atoms with E-state index >= 15 is 0 Å². The Labute approximate surface area is 151 Å². The molecule has 1 aromatic heterocycles. The van der Waals surface area contributed by atoms with Gasteiger partial charge in [-0.15, -0.1) is 5.10 Å². The minimum atomic E-state index is -0.0425. The Balaban J connectivity index is 1.79. The molecule has 1 aliphatic rings. The Kier molecular flexibility index (Phi) is 4.74. The number of tetrazole rings is 1. The molecule has 6 nitrogen and oxygen atoms in total. The molecule has 2 aromatic carbocycles. The van der Waals surface area contributed by atoms with Crippen molar-refractivity contribution in [1.82, 2.24) is 25.1 Å². The molecule has 2 heterocycles. The highest BCUT2D eigenvalue weighted by Crippen LogP contribution is 2.29. The molecule has 7 heteroatoms. The fourth-order valence-electron chi connectivity index (χ4n) is 3.15. The Morgan fingerprint density at radius 1 is 1.00 bits per heavy atom. The van der Waals surface area contributed by atoms with E-state index < -0.39 is 0 Å². The highest BCUT2D eigenvalue weighted by Gasteiger charge is 2.29. The molecule has 128 valence electrons. The SMILES string of the molecule is Clc1cccc(-n2nnnc2C(c2ccccc2)N2CCOCC2)c1. The lowest BCUT2D eigenvalue weighted by molar-refractivity contribution is 0.0220. The van der Waals surface area contributed by atoms with Gasteiger partial charge >= 0.3 is 0 Å². The molecule has 25 heavy (non-hydrogen) atoms. The predicted octanol–water partition coefficient (Wildman–Crippen LogP) is 2.74. The molecule has 1 saturated heterocycles. The Morgan fingerprint density at radius 3 is 2.56 bits per heavy atom. The van der Waals surface area contributed by atoms with Gasteiger partial charge in [-0.05, 0) is 34.2 Å². The summed E-state index contributed by atoms with van der Waals surface area (Å²) >= 11 is 6.15. The van der Waals surface area contributed by atoms with Crippen molar-refractivity contribution in [2.45, 2.75) is 6.04 Å². The van der Waals surface area contributed by atoms with Gasteiger partial charge in [0.1, 0.15) is 0 Å². The summed E-state index contributed by atoms with van der Waals surface area (Å²) in [6, 6.07) is 17.8. The maximum atomic E-state index is 6.15. The van der Waals surface area contributed by atoms with Crippen molar-refractivity contribution in [3.05, 3.63) is 71.0 Å². The van der Waals surface area contributed by atoms with Gasteiger partial charge in [0.15, 0.2) is 5.82 Å². The number of aromatic nitrogens is 4. The average molecular weight is 356 g/mol. The minimum absolute atomic E-state index is 0.0425. The number of benzene rings is 2. The molecule has 1 atom stereocenters. The third-order valence-corrected chi connectivity index (χ3v) is 4.55. The average Bonchev–Trinajstić information content (AvgIpc) is 3.13. The molecule has 1 unspecified atom stereocenters. The molecule has 0 N–H and O–H groups in total. The van der Waals surface area contributed by atoms with Crippen LogP contribution in [0.2, 0.25) is 5.02 Å². The minimum Gasteiger partial charge on any atom is -0.379 e. The zero-order valence-corrected chi connectivity index (χ0v) is 14.4. The van der Waals surface area contributed by atoms with Crippen LogP contribution in [0.4, 0.5) is 0 Å². The lowest BCUT2D eigenvalue weighted by Gasteiger charge is -2.33. The van der Waals surface area contributed by atoms with Gasteiger partial charge in [0, 0.05) is 18.1 Å². The van der Waals surface area contributed by atoms with Gasteiger partial charge in [-0.25, -0.2) is 0 Å². The van der Waals surface area contributed by atoms with Crippen LogP contribution in [0.25, 0.3) is 5.69 Å². The summed E-state index contributed by atoms with van der Waals surface area (Å²) < 4.78 is 7.28. The van der Waals surface area contributed by atoms with Crippen molar-refractivity contribution in [3.8, 4) is 5.69 Å². The third-order valence-electron chi connectivity index (χ3n) is 4.32. The summed E-state index contributed by atoms with van der Waals surface area (Å²) in [5.74, 6) is 0.773. The van der Waals surface area contributed by atoms with Crippen LogP contribution < -0.4 is 0 Å². The topological polar surface area (TPSA) is 56.1 Å². The van der Waals surface area contributed by atoms with Crippen LogP contribution in [0.1, 0.15) is 17.4 Å². The first kappa shape index (κ1) is 16.2. The van der Waals surface area contributed by atoms with Gasteiger partial charge < -0.3 is 4.74 Å². The maximum Gasteiger partial charge on any atom is 0.178 e. The van der Waals surface area contributed by atoms with Crippen LogP contribution in [0.15, 0.2) is 54.6 Å². The van der Waals surface area contributed by atoms with Crippen LogP contribution in [0.3, 0.4) is 0 Å². The summed E-state index contributed by atoms with van der Waals surface area (Å²) in [7, 11) is 0. The Morgan fingerprint density at radius 2 is 1.80 bits per heavy atom. The normalized spacial score (nSPS) is 16.7. The van der Waals surface area contributed by atoms with E-state index in [4.69, 9.17) is 16.3 Å². The second kappa shape index (κ2) is 7.31. The smallest absolute Gasteiger partial charge is 0.178 e. The molecule has 0 bridgehead atoms. The summed E-state index contributed by atoms with van der Waals surface area (Å²) in [4.78, 5) is 2.35. The fraction of sp³-hybridized carbons (Fsp3) is 0.278. The van der Waals surface area contributed by atoms with Crippen molar-refractivity contribution in [3.63, 3.8) is 0 Å². The molecule has 0 amide bonds. The highest BCUT2D eigenvalue weighted by atomic mass is 35.5. The molecular weight excluding hydrogens is 338 g/mol. The highest BCUT2D eigenvalue weighted by molar-refractivity contribution is 6.30. The van der Waals surface area contributed by atoms with E-state index in [2.05, 4.69) is 32.6 Å². The maximum absolute atomic E-state index is 6.15. The van der Waals surface area contributed by atoms with Gasteiger partial charge in [0.25, 0.3) is 0 Å². The first-order valence-corrected chi connectivity index (χ1v) is 8.62. The molecule has 1 aliphatic heterocycles. The number of morpholine rings is 1. The zero-order chi connectivity index (χ0) is 17.1. The van der Waals surface area contributed by atoms with E-state index in [1.807, 2.05) is 42.5 Å². The molecule has 0 saturated carbocycles. The van der Waals surface area contributed by atoms with Crippen LogP contribution >= 0.6 is 11.6 Å². The van der Waals surface area contributed by atoms with Crippen molar-refractivity contribution in [2.24, 2.45) is 0 Å². The van der Waals surface area contributed by atoms with E-state index in [9.17, 15) is 0 Å². The predicted molar refractivity (Wildman–Crippen MR) is 94.8 cm³/mol. The third kappa shape index (κ3) is 3.42. The molecule has 4 rings (SSSR count). The number of nitrogens with zero attached hydrogens (tertiary/aromatic N) is 5. The largest absolute Gasteiger partial charge is 0.379 e.